The number of halogens is 4. The van der Waals surface area contributed by atoms with Crippen LogP contribution in [0.15, 0.2) is 137 Å². The first-order chi connectivity index (χ1) is 61.6. The van der Waals surface area contributed by atoms with E-state index in [1.807, 2.05) is 118 Å². The van der Waals surface area contributed by atoms with Crippen LogP contribution in [-0.2, 0) is 42.1 Å². The Kier molecular flexibility index (Phi) is 26.2. The van der Waals surface area contributed by atoms with Crippen molar-refractivity contribution < 1.29 is 48.4 Å². The molecule has 0 spiro atoms. The number of aliphatic imine (C=N–C) groups is 4. The van der Waals surface area contributed by atoms with Gasteiger partial charge in [0.25, 0.3) is 23.6 Å². The van der Waals surface area contributed by atoms with Gasteiger partial charge in [0.15, 0.2) is 50.8 Å². The molecule has 127 heavy (non-hydrogen) atoms. The normalized spacial score (nSPS) is 18.1. The Morgan fingerprint density at radius 2 is 0.898 bits per heavy atom. The maximum Gasteiger partial charge on any atom is 0.308 e. The van der Waals surface area contributed by atoms with E-state index >= 15 is 0 Å². The molecule has 666 valence electrons. The van der Waals surface area contributed by atoms with Gasteiger partial charge in [-0.25, -0.2) is 9.98 Å². The van der Waals surface area contributed by atoms with E-state index in [1.165, 1.54) is 38.2 Å². The Labute approximate surface area is 766 Å². The molecule has 37 heteroatoms. The first-order valence-electron chi connectivity index (χ1n) is 43.7. The quantitative estimate of drug-likeness (QED) is 0.0311. The molecular weight excluding hydrogens is 1840 g/mol. The molecule has 1 saturated heterocycles. The summed E-state index contributed by atoms with van der Waals surface area (Å²) in [4.78, 5) is 119. The molecule has 20 rings (SSSR count). The maximum atomic E-state index is 13.6. The van der Waals surface area contributed by atoms with Crippen molar-refractivity contribution in [1.29, 1.82) is 0 Å². The van der Waals surface area contributed by atoms with Gasteiger partial charge >= 0.3 is 5.97 Å². The molecule has 4 aromatic heterocycles. The van der Waals surface area contributed by atoms with Gasteiger partial charge in [-0.3, -0.25) is 91.9 Å². The van der Waals surface area contributed by atoms with Crippen molar-refractivity contribution in [3.05, 3.63) is 178 Å². The molecule has 33 nitrogen and oxygen atoms in total. The van der Waals surface area contributed by atoms with Gasteiger partial charge in [-0.1, -0.05) is 97.9 Å². The molecule has 0 radical (unpaired) electrons. The van der Waals surface area contributed by atoms with E-state index in [4.69, 9.17) is 50.7 Å². The van der Waals surface area contributed by atoms with Crippen molar-refractivity contribution in [3.63, 3.8) is 0 Å². The van der Waals surface area contributed by atoms with Crippen LogP contribution in [-0.4, -0.2) is 238 Å². The molecule has 9 aromatic rings. The number of nitrogens with one attached hydrogen (secondary N) is 3. The summed E-state index contributed by atoms with van der Waals surface area (Å²) in [6.45, 7) is 21.7. The molecule has 2 aliphatic carbocycles. The van der Waals surface area contributed by atoms with E-state index in [0.717, 1.165) is 123 Å². The summed E-state index contributed by atoms with van der Waals surface area (Å²) < 4.78 is 25.9. The van der Waals surface area contributed by atoms with Gasteiger partial charge in [0, 0.05) is 84.1 Å². The monoisotopic (exact) mass is 1940 g/mol. The highest BCUT2D eigenvalue weighted by atomic mass is 79.9. The lowest BCUT2D eigenvalue weighted by Crippen LogP contribution is -2.50. The Hall–Kier alpha value is -11.3. The molecule has 0 unspecified atom stereocenters. The van der Waals surface area contributed by atoms with Crippen LogP contribution < -0.4 is 45.0 Å². The van der Waals surface area contributed by atoms with E-state index in [-0.39, 0.29) is 53.2 Å². The molecule has 2 saturated carbocycles. The average molecular weight is 1940 g/mol. The van der Waals surface area contributed by atoms with Gasteiger partial charge < -0.3 is 44.9 Å². The third kappa shape index (κ3) is 17.7. The van der Waals surface area contributed by atoms with Crippen LogP contribution >= 0.6 is 59.4 Å². The number of aromatic hydroxyl groups is 2. The number of methoxy groups -OCH3 is 1. The van der Waals surface area contributed by atoms with Gasteiger partial charge in [-0.05, 0) is 203 Å². The number of hydrogen-bond donors (Lipinski definition) is 5. The van der Waals surface area contributed by atoms with Crippen LogP contribution in [0, 0.1) is 6.92 Å². The third-order valence-electron chi connectivity index (χ3n) is 24.5. The summed E-state index contributed by atoms with van der Waals surface area (Å²) in [5.41, 5.74) is 8.48. The first kappa shape index (κ1) is 87.7. The first-order valence-corrected chi connectivity index (χ1v) is 46.5. The average Bonchev–Trinajstić information content (AvgIpc) is 1.61. The largest absolute Gasteiger partial charge is 0.507 e. The minimum Gasteiger partial charge on any atom is -0.507 e. The summed E-state index contributed by atoms with van der Waals surface area (Å²) in [6.07, 6.45) is 11.9. The summed E-state index contributed by atoms with van der Waals surface area (Å²) >= 11 is 16.6. The molecule has 13 heterocycles. The maximum absolute atomic E-state index is 13.6. The number of anilines is 7. The van der Waals surface area contributed by atoms with Gasteiger partial charge in [-0.2, -0.15) is 15.0 Å². The van der Waals surface area contributed by atoms with Gasteiger partial charge in [0.1, 0.15) is 23.0 Å². The number of ether oxygens (including phenoxy) is 3. The Morgan fingerprint density at radius 3 is 1.34 bits per heavy atom. The van der Waals surface area contributed by atoms with Crippen molar-refractivity contribution in [2.24, 2.45) is 20.0 Å². The Morgan fingerprint density at radius 1 is 0.488 bits per heavy atom. The SMILES string of the molecule is CCN1C(=O)c2c(nc(Br)n2Cc2ccc(OC(C)=O)c(Br)c2)N2C[C@@H](Cc3ccccc3)N=C12.CCN1C(=O)c2c(nc(NC3CCCC3)n2Cc2ccc(O)c(Br)c2)N2CCN=C12.CCN1C(=O)c2c(nc(NC3CCCC3)n2Cc2ccc(O)c(Cl)c2)N2CCN=C12.CCN1C(=O)c2c(nc(NC3CCOCC3)n2Cc2ccc(OC)c(C)c2)N2CCN=C12. The number of guanidine groups is 4. The van der Waals surface area contributed by atoms with E-state index < -0.39 is 0 Å². The molecule has 1 atom stereocenters. The fraction of sp³-hybridized carbons (Fsp3) is 0.433. The second kappa shape index (κ2) is 37.9. The number of aryl methyl sites for hydroxylation is 1. The van der Waals surface area contributed by atoms with E-state index in [0.29, 0.717) is 191 Å². The number of aromatic nitrogens is 8. The highest BCUT2D eigenvalue weighted by Gasteiger charge is 2.47. The number of phenolic OH excluding ortho intramolecular Hbond substituents is 2. The zero-order valence-corrected chi connectivity index (χ0v) is 77.6. The second-order valence-corrected chi connectivity index (χ2v) is 35.6. The lowest BCUT2D eigenvalue weighted by Gasteiger charge is -2.33. The summed E-state index contributed by atoms with van der Waals surface area (Å²) in [5.74, 6) is 8.49. The van der Waals surface area contributed by atoms with Crippen LogP contribution in [0.25, 0.3) is 0 Å². The highest BCUT2D eigenvalue weighted by Crippen LogP contribution is 2.42. The van der Waals surface area contributed by atoms with Crippen molar-refractivity contribution in [1.82, 2.24) is 57.8 Å². The third-order valence-corrected chi connectivity index (χ3v) is 26.7. The van der Waals surface area contributed by atoms with Gasteiger partial charge in [0.2, 0.25) is 41.7 Å². The van der Waals surface area contributed by atoms with Crippen LogP contribution in [0.2, 0.25) is 5.02 Å². The topological polar surface area (TPSA) is 336 Å². The molecule has 5 aromatic carbocycles. The van der Waals surface area contributed by atoms with Gasteiger partial charge in [-0.15, -0.1) is 0 Å². The van der Waals surface area contributed by atoms with E-state index in [1.54, 1.807) is 51.0 Å². The predicted octanol–water partition coefficient (Wildman–Crippen LogP) is 13.8. The number of benzene rings is 5. The Bertz CT molecular complexity index is 5690. The highest BCUT2D eigenvalue weighted by molar-refractivity contribution is 9.11. The van der Waals surface area contributed by atoms with Crippen LogP contribution in [0.4, 0.5) is 41.1 Å². The number of amides is 4. The number of carbonyl (C=O) groups is 5. The zero-order chi connectivity index (χ0) is 88.6. The standard InChI is InChI=1S/C25H23Br2N5O3.C23H30N6O3.C21H25BrN6O2.C21H25ClN6O2/c1-3-30-23(34)21-22(32-14-18(28-25(30)32)11-16-7-5-4-6-8-16)29-24(27)31(21)13-17-9-10-20(19(26)12-17)35-15(2)33;1-4-27-21(30)19-20(28-10-9-24-23(27)28)26-22(25-17-7-11-32-12-8-17)29(19)14-16-5-6-18(31-3)15(2)13-16;2*1-2-26-19(30)17-18(27-10-9-23-21(26)27)25-20(24-14-5-3-4-6-14)28(17)12-13-7-8-16(29)15(22)11-13/h4-10,12,18H,3,11,13-14H2,1-2H3;5-6,13,17H,4,7-12,14H2,1-3H3,(H,25,26);2*7-8,11,14,29H,2-6,9-10,12H2,1H3,(H,24,25)/t18-;;;/m1.../s1. The van der Waals surface area contributed by atoms with Crippen LogP contribution in [0.1, 0.15) is 174 Å². The molecule has 0 bridgehead atoms. The van der Waals surface area contributed by atoms with Crippen molar-refractivity contribution >= 4 is 154 Å². The number of phenols is 2. The molecule has 3 fully saturated rings. The number of fused-ring (bicyclic) bond motifs is 12. The van der Waals surface area contributed by atoms with Crippen LogP contribution in [0.5, 0.6) is 23.0 Å². The Balaban J connectivity index is 0.000000119. The molecule has 5 N–H and O–H groups in total. The second-order valence-electron chi connectivity index (χ2n) is 32.8. The van der Waals surface area contributed by atoms with Crippen molar-refractivity contribution in [2.45, 2.75) is 163 Å². The molecular formula is C90H103Br3ClN23O10. The lowest BCUT2D eigenvalue weighted by molar-refractivity contribution is -0.131. The number of carbonyl (C=O) groups excluding carboxylic acids is 5. The number of esters is 1. The minimum atomic E-state index is -0.385. The molecule has 9 aliphatic heterocycles. The van der Waals surface area contributed by atoms with Crippen molar-refractivity contribution in [3.8, 4) is 23.0 Å². The number of hydrogen-bond acceptors (Lipinski definition) is 25. The predicted molar refractivity (Wildman–Crippen MR) is 499 cm³/mol. The fourth-order valence-corrected chi connectivity index (χ4v) is 19.9. The minimum absolute atomic E-state index is 0.0360. The van der Waals surface area contributed by atoms with Crippen molar-refractivity contribution in [2.75, 3.05) is 128 Å². The number of nitrogens with zero attached hydrogens (tertiary/aromatic N) is 20. The zero-order valence-electron chi connectivity index (χ0n) is 72.0. The van der Waals surface area contributed by atoms with Crippen LogP contribution in [0.3, 0.4) is 0 Å². The van der Waals surface area contributed by atoms with E-state index in [9.17, 15) is 34.2 Å². The van der Waals surface area contributed by atoms with Gasteiger partial charge in [0.05, 0.1) is 79.5 Å². The number of imidazole rings is 4. The molecule has 11 aliphatic rings. The molecule has 4 amide bonds. The fourth-order valence-electron chi connectivity index (χ4n) is 18.3. The smallest absolute Gasteiger partial charge is 0.308 e. The lowest BCUT2D eigenvalue weighted by atomic mass is 10.1. The number of rotatable bonds is 22. The summed E-state index contributed by atoms with van der Waals surface area (Å²) in [7, 11) is 1.68. The van der Waals surface area contributed by atoms with E-state index in [2.05, 4.69) is 112 Å². The summed E-state index contributed by atoms with van der Waals surface area (Å²) in [6, 6.07) is 33.5. The summed E-state index contributed by atoms with van der Waals surface area (Å²) in [5, 5.41) is 30.7.